The third-order valence-electron chi connectivity index (χ3n) is 3.20. The van der Waals surface area contributed by atoms with Gasteiger partial charge in [-0.3, -0.25) is 9.59 Å². The van der Waals surface area contributed by atoms with Gasteiger partial charge in [-0.25, -0.2) is 4.79 Å². The van der Waals surface area contributed by atoms with Gasteiger partial charge in [0.25, 0.3) is 5.91 Å². The first kappa shape index (κ1) is 18.7. The second-order valence-electron chi connectivity index (χ2n) is 5.04. The summed E-state index contributed by atoms with van der Waals surface area (Å²) >= 11 is 3.29. The highest BCUT2D eigenvalue weighted by Gasteiger charge is 2.09. The van der Waals surface area contributed by atoms with Gasteiger partial charge in [0.1, 0.15) is 0 Å². The molecule has 0 saturated heterocycles. The molecule has 7 heteroatoms. The number of carbonyl (C=O) groups excluding carboxylic acids is 3. The van der Waals surface area contributed by atoms with Crippen LogP contribution in [0.3, 0.4) is 0 Å². The van der Waals surface area contributed by atoms with E-state index in [1.165, 1.54) is 0 Å². The molecule has 2 aromatic carbocycles. The van der Waals surface area contributed by atoms with Crippen LogP contribution in [0.5, 0.6) is 0 Å². The molecule has 0 aliphatic carbocycles. The Hall–Kier alpha value is -2.67. The Labute approximate surface area is 153 Å². The zero-order valence-corrected chi connectivity index (χ0v) is 15.1. The SMILES string of the molecule is CCOC(=O)c1ccc(NC(=O)CNC(=O)c2ccc(Br)cc2)cc1. The van der Waals surface area contributed by atoms with Crippen molar-refractivity contribution in [2.24, 2.45) is 0 Å². The largest absolute Gasteiger partial charge is 0.462 e. The van der Waals surface area contributed by atoms with Gasteiger partial charge < -0.3 is 15.4 Å². The number of esters is 1. The van der Waals surface area contributed by atoms with Crippen molar-refractivity contribution in [2.75, 3.05) is 18.5 Å². The molecule has 0 atom stereocenters. The maximum absolute atomic E-state index is 11.9. The fourth-order valence-corrected chi connectivity index (χ4v) is 2.24. The molecule has 2 N–H and O–H groups in total. The van der Waals surface area contributed by atoms with E-state index in [0.29, 0.717) is 23.4 Å². The van der Waals surface area contributed by atoms with Crippen molar-refractivity contribution >= 4 is 39.4 Å². The summed E-state index contributed by atoms with van der Waals surface area (Å²) in [4.78, 5) is 35.4. The van der Waals surface area contributed by atoms with Gasteiger partial charge in [-0.1, -0.05) is 15.9 Å². The summed E-state index contributed by atoms with van der Waals surface area (Å²) in [5.74, 6) is -1.11. The highest BCUT2D eigenvalue weighted by molar-refractivity contribution is 9.10. The predicted octanol–water partition coefficient (Wildman–Crippen LogP) is 2.99. The number of anilines is 1. The Morgan fingerprint density at radius 1 is 0.960 bits per heavy atom. The van der Waals surface area contributed by atoms with E-state index in [9.17, 15) is 14.4 Å². The molecular weight excluding hydrogens is 388 g/mol. The van der Waals surface area contributed by atoms with Crippen LogP contribution in [0.2, 0.25) is 0 Å². The van der Waals surface area contributed by atoms with Crippen LogP contribution in [-0.4, -0.2) is 30.9 Å². The van der Waals surface area contributed by atoms with Gasteiger partial charge in [-0.2, -0.15) is 0 Å². The van der Waals surface area contributed by atoms with Gasteiger partial charge >= 0.3 is 5.97 Å². The van der Waals surface area contributed by atoms with E-state index < -0.39 is 5.97 Å². The van der Waals surface area contributed by atoms with Crippen molar-refractivity contribution in [2.45, 2.75) is 6.92 Å². The summed E-state index contributed by atoms with van der Waals surface area (Å²) in [7, 11) is 0. The molecule has 0 unspecified atom stereocenters. The van der Waals surface area contributed by atoms with Crippen LogP contribution >= 0.6 is 15.9 Å². The summed E-state index contributed by atoms with van der Waals surface area (Å²) < 4.78 is 5.76. The van der Waals surface area contributed by atoms with Crippen molar-refractivity contribution in [3.8, 4) is 0 Å². The first-order valence-electron chi connectivity index (χ1n) is 7.60. The van der Waals surface area contributed by atoms with Gasteiger partial charge in [0.15, 0.2) is 0 Å². The predicted molar refractivity (Wildman–Crippen MR) is 97.5 cm³/mol. The minimum atomic E-state index is -0.415. The summed E-state index contributed by atoms with van der Waals surface area (Å²) in [6.07, 6.45) is 0. The van der Waals surface area contributed by atoms with Crippen molar-refractivity contribution in [3.05, 3.63) is 64.1 Å². The smallest absolute Gasteiger partial charge is 0.338 e. The maximum atomic E-state index is 11.9. The Kier molecular flexibility index (Phi) is 6.71. The van der Waals surface area contributed by atoms with Gasteiger partial charge in [-0.05, 0) is 55.5 Å². The highest BCUT2D eigenvalue weighted by atomic mass is 79.9. The summed E-state index contributed by atoms with van der Waals surface area (Å²) in [6.45, 7) is 1.87. The zero-order valence-electron chi connectivity index (χ0n) is 13.5. The molecule has 2 aromatic rings. The maximum Gasteiger partial charge on any atom is 0.338 e. The molecule has 2 amide bonds. The number of hydrogen-bond acceptors (Lipinski definition) is 4. The third-order valence-corrected chi connectivity index (χ3v) is 3.72. The third kappa shape index (κ3) is 5.72. The number of halogens is 1. The topological polar surface area (TPSA) is 84.5 Å². The average Bonchev–Trinajstić information content (AvgIpc) is 2.61. The number of hydrogen-bond donors (Lipinski definition) is 2. The molecule has 0 saturated carbocycles. The summed E-state index contributed by atoms with van der Waals surface area (Å²) in [5, 5.41) is 5.19. The summed E-state index contributed by atoms with van der Waals surface area (Å²) in [5.41, 5.74) is 1.40. The van der Waals surface area contributed by atoms with Crippen LogP contribution in [-0.2, 0) is 9.53 Å². The number of benzene rings is 2. The lowest BCUT2D eigenvalue weighted by Gasteiger charge is -2.08. The van der Waals surface area contributed by atoms with E-state index in [-0.39, 0.29) is 18.4 Å². The van der Waals surface area contributed by atoms with Gasteiger partial charge in [0, 0.05) is 15.7 Å². The fourth-order valence-electron chi connectivity index (χ4n) is 1.97. The quantitative estimate of drug-likeness (QED) is 0.724. The number of amides is 2. The molecule has 25 heavy (non-hydrogen) atoms. The Morgan fingerprint density at radius 2 is 1.56 bits per heavy atom. The second kappa shape index (κ2) is 8.98. The van der Waals surface area contributed by atoms with Crippen LogP contribution in [0.25, 0.3) is 0 Å². The van der Waals surface area contributed by atoms with E-state index in [2.05, 4.69) is 26.6 Å². The lowest BCUT2D eigenvalue weighted by atomic mass is 10.2. The Morgan fingerprint density at radius 3 is 2.16 bits per heavy atom. The number of nitrogens with one attached hydrogen (secondary N) is 2. The molecular formula is C18H17BrN2O4. The van der Waals surface area contributed by atoms with E-state index >= 15 is 0 Å². The molecule has 0 aromatic heterocycles. The van der Waals surface area contributed by atoms with Crippen molar-refractivity contribution in [1.29, 1.82) is 0 Å². The van der Waals surface area contributed by atoms with Crippen LogP contribution in [0.4, 0.5) is 5.69 Å². The highest BCUT2D eigenvalue weighted by Crippen LogP contribution is 2.11. The molecule has 0 aliphatic heterocycles. The van der Waals surface area contributed by atoms with Crippen molar-refractivity contribution in [1.82, 2.24) is 5.32 Å². The molecule has 2 rings (SSSR count). The van der Waals surface area contributed by atoms with Gasteiger partial charge in [0.2, 0.25) is 5.91 Å². The lowest BCUT2D eigenvalue weighted by molar-refractivity contribution is -0.115. The number of carbonyl (C=O) groups is 3. The second-order valence-corrected chi connectivity index (χ2v) is 5.95. The van der Waals surface area contributed by atoms with E-state index in [0.717, 1.165) is 4.47 Å². The first-order chi connectivity index (χ1) is 12.0. The molecule has 130 valence electrons. The van der Waals surface area contributed by atoms with E-state index in [4.69, 9.17) is 4.74 Å². The normalized spacial score (nSPS) is 10.0. The molecule has 0 aliphatic rings. The molecule has 0 radical (unpaired) electrons. The van der Waals surface area contributed by atoms with Crippen molar-refractivity contribution in [3.63, 3.8) is 0 Å². The van der Waals surface area contributed by atoms with Crippen LogP contribution in [0, 0.1) is 0 Å². The Bertz CT molecular complexity index is 758. The average molecular weight is 405 g/mol. The minimum Gasteiger partial charge on any atom is -0.462 e. The molecule has 0 bridgehead atoms. The zero-order chi connectivity index (χ0) is 18.2. The van der Waals surface area contributed by atoms with E-state index in [1.54, 1.807) is 55.5 Å². The van der Waals surface area contributed by atoms with Gasteiger partial charge in [0.05, 0.1) is 18.7 Å². The molecule has 6 nitrogen and oxygen atoms in total. The summed E-state index contributed by atoms with van der Waals surface area (Å²) in [6, 6.07) is 13.1. The number of rotatable bonds is 6. The van der Waals surface area contributed by atoms with Crippen LogP contribution in [0.1, 0.15) is 27.6 Å². The van der Waals surface area contributed by atoms with Crippen LogP contribution in [0.15, 0.2) is 53.0 Å². The molecule has 0 spiro atoms. The first-order valence-corrected chi connectivity index (χ1v) is 8.39. The monoisotopic (exact) mass is 404 g/mol. The molecule has 0 heterocycles. The van der Waals surface area contributed by atoms with E-state index in [1.807, 2.05) is 0 Å². The molecule has 0 fully saturated rings. The number of ether oxygens (including phenoxy) is 1. The lowest BCUT2D eigenvalue weighted by Crippen LogP contribution is -2.32. The Balaban J connectivity index is 1.84. The van der Waals surface area contributed by atoms with Crippen molar-refractivity contribution < 1.29 is 19.1 Å². The van der Waals surface area contributed by atoms with Gasteiger partial charge in [-0.15, -0.1) is 0 Å². The minimum absolute atomic E-state index is 0.158. The van der Waals surface area contributed by atoms with Crippen LogP contribution < -0.4 is 10.6 Å². The standard InChI is InChI=1S/C18H17BrN2O4/c1-2-25-18(24)13-5-9-15(10-6-13)21-16(22)11-20-17(23)12-3-7-14(19)8-4-12/h3-10H,2,11H2,1H3,(H,20,23)(H,21,22). The fraction of sp³-hybridized carbons (Fsp3) is 0.167.